The van der Waals surface area contributed by atoms with Crippen molar-refractivity contribution in [2.24, 2.45) is 5.92 Å². The van der Waals surface area contributed by atoms with Gasteiger partial charge < -0.3 is 9.47 Å². The number of halogens is 1. The summed E-state index contributed by atoms with van der Waals surface area (Å²) in [7, 11) is 0. The van der Waals surface area contributed by atoms with Crippen molar-refractivity contribution >= 4 is 15.9 Å². The minimum Gasteiger partial charge on any atom is -0.379 e. The second-order valence-corrected chi connectivity index (χ2v) is 6.02. The van der Waals surface area contributed by atoms with Crippen LogP contribution in [0.25, 0.3) is 0 Å². The van der Waals surface area contributed by atoms with Gasteiger partial charge in [0.2, 0.25) is 0 Å². The molecular weight excluding hydrogens is 316 g/mol. The Bertz CT molecular complexity index is 316. The van der Waals surface area contributed by atoms with Gasteiger partial charge in [-0.15, -0.1) is 0 Å². The van der Waals surface area contributed by atoms with Crippen molar-refractivity contribution in [2.75, 3.05) is 25.2 Å². The molecule has 0 spiro atoms. The predicted octanol–water partition coefficient (Wildman–Crippen LogP) is 4.81. The number of benzene rings is 1. The molecule has 0 heterocycles. The Morgan fingerprint density at radius 1 is 0.950 bits per heavy atom. The molecule has 1 unspecified atom stereocenters. The van der Waals surface area contributed by atoms with Crippen LogP contribution in [0.3, 0.4) is 0 Å². The van der Waals surface area contributed by atoms with Crippen molar-refractivity contribution in [3.63, 3.8) is 0 Å². The molecule has 0 fully saturated rings. The van der Waals surface area contributed by atoms with E-state index in [1.807, 2.05) is 18.2 Å². The Labute approximate surface area is 132 Å². The van der Waals surface area contributed by atoms with Gasteiger partial charge in [-0.25, -0.2) is 0 Å². The first-order chi connectivity index (χ1) is 9.83. The number of rotatable bonds is 12. The van der Waals surface area contributed by atoms with Crippen molar-refractivity contribution in [1.29, 1.82) is 0 Å². The van der Waals surface area contributed by atoms with Gasteiger partial charge in [0.15, 0.2) is 0 Å². The third kappa shape index (κ3) is 9.51. The van der Waals surface area contributed by atoms with E-state index < -0.39 is 0 Å². The largest absolute Gasteiger partial charge is 0.379 e. The normalized spacial score (nSPS) is 12.5. The first kappa shape index (κ1) is 17.7. The average Bonchev–Trinajstić information content (AvgIpc) is 2.47. The summed E-state index contributed by atoms with van der Waals surface area (Å²) in [5.41, 5.74) is 1.22. The highest BCUT2D eigenvalue weighted by Gasteiger charge is 2.01. The SMILES string of the molecule is CC(CCCCBr)CCOCCOCc1ccccc1. The summed E-state index contributed by atoms with van der Waals surface area (Å²) < 4.78 is 11.2. The Hall–Kier alpha value is -0.380. The van der Waals surface area contributed by atoms with Gasteiger partial charge in [-0.05, 0) is 24.3 Å². The quantitative estimate of drug-likeness (QED) is 0.400. The van der Waals surface area contributed by atoms with E-state index in [0.29, 0.717) is 19.8 Å². The Kier molecular flexibility index (Phi) is 10.9. The molecule has 0 saturated carbocycles. The highest BCUT2D eigenvalue weighted by atomic mass is 79.9. The van der Waals surface area contributed by atoms with Gasteiger partial charge in [0.05, 0.1) is 19.8 Å². The van der Waals surface area contributed by atoms with Gasteiger partial charge >= 0.3 is 0 Å². The van der Waals surface area contributed by atoms with Gasteiger partial charge in [-0.3, -0.25) is 0 Å². The number of alkyl halides is 1. The first-order valence-electron chi connectivity index (χ1n) is 7.58. The minimum absolute atomic E-state index is 0.673. The molecule has 1 atom stereocenters. The fraction of sp³-hybridized carbons (Fsp3) is 0.647. The summed E-state index contributed by atoms with van der Waals surface area (Å²) in [6, 6.07) is 10.2. The number of unbranched alkanes of at least 4 members (excludes halogenated alkanes) is 1. The van der Waals surface area contributed by atoms with Crippen molar-refractivity contribution in [2.45, 2.75) is 39.2 Å². The monoisotopic (exact) mass is 342 g/mol. The number of hydrogen-bond donors (Lipinski definition) is 0. The number of hydrogen-bond acceptors (Lipinski definition) is 2. The standard InChI is InChI=1S/C17H27BrO2/c1-16(7-5-6-11-18)10-12-19-13-14-20-15-17-8-3-2-4-9-17/h2-4,8-9,16H,5-7,10-15H2,1H3. The topological polar surface area (TPSA) is 18.5 Å². The molecule has 0 aliphatic carbocycles. The lowest BCUT2D eigenvalue weighted by Gasteiger charge is -2.11. The zero-order chi connectivity index (χ0) is 14.5. The number of ether oxygens (including phenoxy) is 2. The van der Waals surface area contributed by atoms with Crippen LogP contribution in [0.15, 0.2) is 30.3 Å². The summed E-state index contributed by atoms with van der Waals surface area (Å²) in [5, 5.41) is 1.12. The van der Waals surface area contributed by atoms with E-state index >= 15 is 0 Å². The van der Waals surface area contributed by atoms with Gasteiger partial charge in [0.25, 0.3) is 0 Å². The fourth-order valence-corrected chi connectivity index (χ4v) is 2.40. The van der Waals surface area contributed by atoms with Gasteiger partial charge in [0.1, 0.15) is 0 Å². The second-order valence-electron chi connectivity index (χ2n) is 5.23. The van der Waals surface area contributed by atoms with E-state index in [1.165, 1.54) is 24.8 Å². The molecule has 1 aromatic carbocycles. The highest BCUT2D eigenvalue weighted by Crippen LogP contribution is 2.12. The van der Waals surface area contributed by atoms with Crippen LogP contribution < -0.4 is 0 Å². The molecule has 0 aromatic heterocycles. The maximum absolute atomic E-state index is 5.61. The van der Waals surface area contributed by atoms with Crippen LogP contribution in [0.5, 0.6) is 0 Å². The molecule has 0 amide bonds. The molecule has 114 valence electrons. The van der Waals surface area contributed by atoms with Crippen LogP contribution in [0.1, 0.15) is 38.2 Å². The van der Waals surface area contributed by atoms with E-state index in [9.17, 15) is 0 Å². The van der Waals surface area contributed by atoms with E-state index in [4.69, 9.17) is 9.47 Å². The van der Waals surface area contributed by atoms with Crippen LogP contribution >= 0.6 is 15.9 Å². The van der Waals surface area contributed by atoms with Crippen LogP contribution in [0, 0.1) is 5.92 Å². The van der Waals surface area contributed by atoms with Crippen LogP contribution in [-0.4, -0.2) is 25.2 Å². The van der Waals surface area contributed by atoms with Crippen LogP contribution in [-0.2, 0) is 16.1 Å². The summed E-state index contributed by atoms with van der Waals surface area (Å²) in [6.45, 7) is 5.20. The lowest BCUT2D eigenvalue weighted by molar-refractivity contribution is 0.0363. The first-order valence-corrected chi connectivity index (χ1v) is 8.70. The van der Waals surface area contributed by atoms with Crippen molar-refractivity contribution in [1.82, 2.24) is 0 Å². The fourth-order valence-electron chi connectivity index (χ4n) is 2.00. The Morgan fingerprint density at radius 2 is 1.70 bits per heavy atom. The minimum atomic E-state index is 0.673. The van der Waals surface area contributed by atoms with Crippen molar-refractivity contribution in [3.8, 4) is 0 Å². The molecule has 0 N–H and O–H groups in total. The molecule has 0 aliphatic heterocycles. The predicted molar refractivity (Wildman–Crippen MR) is 88.3 cm³/mol. The van der Waals surface area contributed by atoms with E-state index in [1.54, 1.807) is 0 Å². The molecule has 0 saturated heterocycles. The molecular formula is C17H27BrO2. The zero-order valence-electron chi connectivity index (χ0n) is 12.5. The lowest BCUT2D eigenvalue weighted by Crippen LogP contribution is -2.07. The maximum Gasteiger partial charge on any atom is 0.0718 e. The third-order valence-electron chi connectivity index (χ3n) is 3.32. The highest BCUT2D eigenvalue weighted by molar-refractivity contribution is 9.09. The maximum atomic E-state index is 5.61. The van der Waals surface area contributed by atoms with Crippen molar-refractivity contribution < 1.29 is 9.47 Å². The third-order valence-corrected chi connectivity index (χ3v) is 3.88. The summed E-state index contributed by atoms with van der Waals surface area (Å²) in [5.74, 6) is 0.763. The van der Waals surface area contributed by atoms with E-state index in [2.05, 4.69) is 35.0 Å². The second kappa shape index (κ2) is 12.4. The molecule has 0 bridgehead atoms. The summed E-state index contributed by atoms with van der Waals surface area (Å²) in [4.78, 5) is 0. The molecule has 20 heavy (non-hydrogen) atoms. The molecule has 2 nitrogen and oxygen atoms in total. The zero-order valence-corrected chi connectivity index (χ0v) is 14.1. The Balaban J connectivity index is 1.87. The van der Waals surface area contributed by atoms with E-state index in [0.717, 1.165) is 24.3 Å². The molecule has 0 radical (unpaired) electrons. The molecule has 3 heteroatoms. The molecule has 0 aliphatic rings. The summed E-state index contributed by atoms with van der Waals surface area (Å²) in [6.07, 6.45) is 5.05. The van der Waals surface area contributed by atoms with Crippen LogP contribution in [0.4, 0.5) is 0 Å². The van der Waals surface area contributed by atoms with Gasteiger partial charge in [-0.2, -0.15) is 0 Å². The van der Waals surface area contributed by atoms with Gasteiger partial charge in [-0.1, -0.05) is 66.0 Å². The van der Waals surface area contributed by atoms with Crippen LogP contribution in [0.2, 0.25) is 0 Å². The lowest BCUT2D eigenvalue weighted by atomic mass is 10.0. The molecule has 1 aromatic rings. The summed E-state index contributed by atoms with van der Waals surface area (Å²) >= 11 is 3.47. The average molecular weight is 343 g/mol. The smallest absolute Gasteiger partial charge is 0.0718 e. The van der Waals surface area contributed by atoms with Crippen molar-refractivity contribution in [3.05, 3.63) is 35.9 Å². The van der Waals surface area contributed by atoms with Gasteiger partial charge in [0, 0.05) is 11.9 Å². The van der Waals surface area contributed by atoms with E-state index in [-0.39, 0.29) is 0 Å². The molecule has 1 rings (SSSR count). The Morgan fingerprint density at radius 3 is 2.45 bits per heavy atom.